The normalized spacial score (nSPS) is 11.7. The van der Waals surface area contributed by atoms with Crippen molar-refractivity contribution in [2.75, 3.05) is 0 Å². The molecule has 2 N–H and O–H groups in total. The average molecular weight is 433 g/mol. The molecular formula is C24H24FN5O2. The van der Waals surface area contributed by atoms with Crippen molar-refractivity contribution in [3.05, 3.63) is 71.4 Å². The summed E-state index contributed by atoms with van der Waals surface area (Å²) in [5.74, 6) is -0.819. The topological polar surface area (TPSA) is 92.7 Å². The number of H-pyrrole nitrogens is 1. The van der Waals surface area contributed by atoms with Crippen LogP contribution in [0.4, 0.5) is 4.39 Å². The van der Waals surface area contributed by atoms with Gasteiger partial charge >= 0.3 is 0 Å². The van der Waals surface area contributed by atoms with Gasteiger partial charge in [-0.05, 0) is 31.2 Å². The molecule has 1 amide bonds. The number of amides is 1. The number of carbonyl (C=O) groups is 2. The lowest BCUT2D eigenvalue weighted by atomic mass is 9.95. The van der Waals surface area contributed by atoms with E-state index in [1.807, 2.05) is 39.8 Å². The molecule has 0 aliphatic rings. The molecule has 8 heteroatoms. The van der Waals surface area contributed by atoms with Gasteiger partial charge in [0.25, 0.3) is 11.8 Å². The summed E-state index contributed by atoms with van der Waals surface area (Å²) in [5.41, 5.74) is 2.80. The molecule has 0 spiro atoms. The van der Waals surface area contributed by atoms with E-state index in [1.165, 1.54) is 10.7 Å². The number of nitrogens with one attached hydrogen (secondary N) is 2. The number of pyridine rings is 1. The van der Waals surface area contributed by atoms with E-state index in [4.69, 9.17) is 0 Å². The van der Waals surface area contributed by atoms with Gasteiger partial charge in [-0.3, -0.25) is 9.59 Å². The van der Waals surface area contributed by atoms with Gasteiger partial charge in [0.15, 0.2) is 0 Å². The van der Waals surface area contributed by atoms with Gasteiger partial charge in [0.1, 0.15) is 17.2 Å². The van der Waals surface area contributed by atoms with E-state index in [2.05, 4.69) is 20.4 Å². The third-order valence-electron chi connectivity index (χ3n) is 5.24. The second kappa shape index (κ2) is 8.03. The molecule has 7 nitrogen and oxygen atoms in total. The first kappa shape index (κ1) is 21.4. The van der Waals surface area contributed by atoms with Gasteiger partial charge in [0, 0.05) is 28.5 Å². The summed E-state index contributed by atoms with van der Waals surface area (Å²) in [6.07, 6.45) is 1.62. The van der Waals surface area contributed by atoms with Crippen LogP contribution in [-0.4, -0.2) is 31.6 Å². The first-order valence-electron chi connectivity index (χ1n) is 10.3. The summed E-state index contributed by atoms with van der Waals surface area (Å²) in [7, 11) is 0. The van der Waals surface area contributed by atoms with Gasteiger partial charge in [-0.1, -0.05) is 39.0 Å². The Kier molecular flexibility index (Phi) is 5.38. The van der Waals surface area contributed by atoms with Crippen LogP contribution < -0.4 is 5.32 Å². The van der Waals surface area contributed by atoms with E-state index in [0.29, 0.717) is 28.3 Å². The second-order valence-corrected chi connectivity index (χ2v) is 8.70. The minimum Gasteiger partial charge on any atom is -0.347 e. The van der Waals surface area contributed by atoms with E-state index < -0.39 is 5.41 Å². The van der Waals surface area contributed by atoms with E-state index in [9.17, 15) is 14.0 Å². The van der Waals surface area contributed by atoms with Gasteiger partial charge in [-0.25, -0.2) is 14.1 Å². The molecular weight excluding hydrogens is 409 g/mol. The molecule has 0 saturated carbocycles. The largest absolute Gasteiger partial charge is 0.347 e. The van der Waals surface area contributed by atoms with E-state index in [1.54, 1.807) is 30.5 Å². The van der Waals surface area contributed by atoms with Crippen LogP contribution in [0, 0.1) is 18.2 Å². The molecule has 1 aromatic carbocycles. The van der Waals surface area contributed by atoms with Gasteiger partial charge in [0.2, 0.25) is 0 Å². The number of nitrogens with zero attached hydrogens (tertiary/aromatic N) is 3. The molecule has 4 rings (SSSR count). The lowest BCUT2D eigenvalue weighted by Crippen LogP contribution is -2.28. The Hall–Kier alpha value is -3.81. The van der Waals surface area contributed by atoms with E-state index in [-0.39, 0.29) is 24.2 Å². The summed E-state index contributed by atoms with van der Waals surface area (Å²) in [4.78, 5) is 32.8. The van der Waals surface area contributed by atoms with E-state index in [0.717, 1.165) is 10.9 Å². The van der Waals surface area contributed by atoms with Crippen LogP contribution in [0.25, 0.3) is 22.3 Å². The fourth-order valence-electron chi connectivity index (χ4n) is 3.37. The molecule has 4 aromatic rings. The number of aromatic nitrogens is 4. The molecule has 0 bridgehead atoms. The number of hydrogen-bond donors (Lipinski definition) is 2. The Bertz CT molecular complexity index is 1330. The van der Waals surface area contributed by atoms with Crippen LogP contribution >= 0.6 is 0 Å². The lowest BCUT2D eigenvalue weighted by molar-refractivity contribution is 0.0746. The van der Waals surface area contributed by atoms with Crippen LogP contribution in [0.15, 0.2) is 48.7 Å². The van der Waals surface area contributed by atoms with Gasteiger partial charge in [-0.2, -0.15) is 5.10 Å². The Morgan fingerprint density at radius 3 is 2.62 bits per heavy atom. The highest BCUT2D eigenvalue weighted by Crippen LogP contribution is 2.26. The molecule has 0 aliphatic carbocycles. The molecule has 3 heterocycles. The van der Waals surface area contributed by atoms with Crippen LogP contribution in [0.1, 0.15) is 47.3 Å². The van der Waals surface area contributed by atoms with Crippen molar-refractivity contribution in [2.24, 2.45) is 5.41 Å². The maximum atomic E-state index is 13.8. The predicted molar refractivity (Wildman–Crippen MR) is 120 cm³/mol. The van der Waals surface area contributed by atoms with E-state index >= 15 is 0 Å². The highest BCUT2D eigenvalue weighted by molar-refractivity contribution is 5.97. The fourth-order valence-corrected chi connectivity index (χ4v) is 3.37. The zero-order valence-electron chi connectivity index (χ0n) is 18.4. The molecule has 0 unspecified atom stereocenters. The quantitative estimate of drug-likeness (QED) is 0.496. The molecule has 0 saturated heterocycles. The van der Waals surface area contributed by atoms with Gasteiger partial charge in [0.05, 0.1) is 17.6 Å². The van der Waals surface area contributed by atoms with Crippen molar-refractivity contribution in [1.82, 2.24) is 25.1 Å². The zero-order valence-corrected chi connectivity index (χ0v) is 18.4. The van der Waals surface area contributed by atoms with Crippen molar-refractivity contribution < 1.29 is 14.0 Å². The minimum atomic E-state index is -0.560. The molecule has 0 radical (unpaired) electrons. The predicted octanol–water partition coefficient (Wildman–Crippen LogP) is 4.49. The van der Waals surface area contributed by atoms with Crippen molar-refractivity contribution in [3.8, 4) is 11.3 Å². The number of halogens is 1. The average Bonchev–Trinajstić information content (AvgIpc) is 3.34. The highest BCUT2D eigenvalue weighted by atomic mass is 19.1. The maximum Gasteiger partial charge on any atom is 0.268 e. The van der Waals surface area contributed by atoms with Crippen LogP contribution in [0.2, 0.25) is 0 Å². The summed E-state index contributed by atoms with van der Waals surface area (Å²) >= 11 is 0. The number of benzene rings is 1. The van der Waals surface area contributed by atoms with Gasteiger partial charge < -0.3 is 10.3 Å². The molecule has 0 aliphatic heterocycles. The summed E-state index contributed by atoms with van der Waals surface area (Å²) in [6.45, 7) is 7.45. The highest BCUT2D eigenvalue weighted by Gasteiger charge is 2.26. The Morgan fingerprint density at radius 1 is 1.16 bits per heavy atom. The van der Waals surface area contributed by atoms with Crippen molar-refractivity contribution in [3.63, 3.8) is 0 Å². The maximum absolute atomic E-state index is 13.8. The number of rotatable bonds is 4. The molecule has 32 heavy (non-hydrogen) atoms. The second-order valence-electron chi connectivity index (χ2n) is 8.70. The van der Waals surface area contributed by atoms with Crippen LogP contribution in [-0.2, 0) is 6.54 Å². The van der Waals surface area contributed by atoms with Crippen molar-refractivity contribution in [1.29, 1.82) is 0 Å². The lowest BCUT2D eigenvalue weighted by Gasteiger charge is -2.17. The monoisotopic (exact) mass is 433 g/mol. The smallest absolute Gasteiger partial charge is 0.268 e. The number of carbonyl (C=O) groups excluding carboxylic acids is 2. The minimum absolute atomic E-state index is 0.0831. The summed E-state index contributed by atoms with van der Waals surface area (Å²) < 4.78 is 15.2. The number of aromatic amines is 1. The molecule has 3 aromatic heterocycles. The summed E-state index contributed by atoms with van der Waals surface area (Å²) in [6, 6.07) is 11.7. The standard InChI is InChI=1S/C24H24FN5O2/c1-14-17(13-27-30(14)23(32)24(2,3)4)19-10-9-15-11-20(29-21(15)28-19)22(31)26-12-16-7-5-6-8-18(16)25/h5-11,13H,12H2,1-4H3,(H,26,31)(H,28,29). The summed E-state index contributed by atoms with van der Waals surface area (Å²) in [5, 5.41) is 7.73. The first-order valence-corrected chi connectivity index (χ1v) is 10.3. The third kappa shape index (κ3) is 4.03. The van der Waals surface area contributed by atoms with Crippen molar-refractivity contribution >= 4 is 22.8 Å². The van der Waals surface area contributed by atoms with Crippen molar-refractivity contribution in [2.45, 2.75) is 34.2 Å². The fraction of sp³-hybridized carbons (Fsp3) is 0.250. The third-order valence-corrected chi connectivity index (χ3v) is 5.24. The number of fused-ring (bicyclic) bond motifs is 1. The molecule has 0 atom stereocenters. The molecule has 0 fully saturated rings. The Morgan fingerprint density at radius 2 is 1.91 bits per heavy atom. The number of hydrogen-bond acceptors (Lipinski definition) is 4. The Labute approximate surface area is 184 Å². The Balaban J connectivity index is 1.57. The van der Waals surface area contributed by atoms with Gasteiger partial charge in [-0.15, -0.1) is 0 Å². The zero-order chi connectivity index (χ0) is 23.0. The van der Waals surface area contributed by atoms with Crippen LogP contribution in [0.5, 0.6) is 0 Å². The molecule has 164 valence electrons. The van der Waals surface area contributed by atoms with Crippen LogP contribution in [0.3, 0.4) is 0 Å². The SMILES string of the molecule is Cc1c(-c2ccc3cc(C(=O)NCc4ccccc4F)[nH]c3n2)cnn1C(=O)C(C)(C)C. The first-order chi connectivity index (χ1) is 15.1.